The molecule has 1 saturated heterocycles. The second kappa shape index (κ2) is 7.03. The Morgan fingerprint density at radius 2 is 1.84 bits per heavy atom. The van der Waals surface area contributed by atoms with Gasteiger partial charge in [0.2, 0.25) is 0 Å². The Morgan fingerprint density at radius 3 is 2.64 bits per heavy atom. The number of nitrogens with one attached hydrogen (secondary N) is 1. The Balaban J connectivity index is 1.59. The number of anilines is 2. The van der Waals surface area contributed by atoms with Gasteiger partial charge in [0.1, 0.15) is 18.0 Å². The zero-order valence-corrected chi connectivity index (χ0v) is 14.1. The number of likely N-dealkylation sites (tertiary alicyclic amines) is 1. The summed E-state index contributed by atoms with van der Waals surface area (Å²) in [5.74, 6) is 1.27. The number of nitrogens with two attached hydrogens (primary N) is 1. The summed E-state index contributed by atoms with van der Waals surface area (Å²) in [6, 6.07) is 14.7. The second-order valence-electron chi connectivity index (χ2n) is 6.38. The maximum absolute atomic E-state index is 5.76. The van der Waals surface area contributed by atoms with Crippen LogP contribution in [0.3, 0.4) is 0 Å². The van der Waals surface area contributed by atoms with Gasteiger partial charge in [-0.1, -0.05) is 30.3 Å². The van der Waals surface area contributed by atoms with Crippen molar-refractivity contribution in [3.8, 4) is 0 Å². The quantitative estimate of drug-likeness (QED) is 0.747. The molecule has 3 N–H and O–H groups in total. The Kier molecular flexibility index (Phi) is 4.43. The van der Waals surface area contributed by atoms with Gasteiger partial charge >= 0.3 is 0 Å². The van der Waals surface area contributed by atoms with E-state index in [0.717, 1.165) is 30.8 Å². The number of fused-ring (bicyclic) bond motifs is 1. The first-order valence-electron chi connectivity index (χ1n) is 8.71. The number of rotatable bonds is 5. The normalized spacial score (nSPS) is 16.2. The van der Waals surface area contributed by atoms with Gasteiger partial charge < -0.3 is 11.1 Å². The van der Waals surface area contributed by atoms with Gasteiger partial charge in [-0.15, -0.1) is 0 Å². The smallest absolute Gasteiger partial charge is 0.166 e. The van der Waals surface area contributed by atoms with Gasteiger partial charge in [0.15, 0.2) is 5.65 Å². The highest BCUT2D eigenvalue weighted by Gasteiger charge is 2.23. The lowest BCUT2D eigenvalue weighted by atomic mass is 10.1. The summed E-state index contributed by atoms with van der Waals surface area (Å²) in [4.78, 5) is 15.4. The van der Waals surface area contributed by atoms with E-state index in [1.807, 2.05) is 6.07 Å². The van der Waals surface area contributed by atoms with Crippen molar-refractivity contribution in [2.24, 2.45) is 0 Å². The van der Waals surface area contributed by atoms with E-state index in [9.17, 15) is 0 Å². The fourth-order valence-corrected chi connectivity index (χ4v) is 3.48. The van der Waals surface area contributed by atoms with Crippen molar-refractivity contribution in [3.05, 3.63) is 54.4 Å². The third-order valence-corrected chi connectivity index (χ3v) is 4.75. The first-order valence-corrected chi connectivity index (χ1v) is 8.71. The molecule has 1 aromatic carbocycles. The number of pyridine rings is 1. The SMILES string of the molecule is Nc1ccc2c(NCC(c3ccccc3)N3CCCC3)ncnc2n1. The molecule has 3 heterocycles. The molecule has 128 valence electrons. The van der Waals surface area contributed by atoms with Crippen molar-refractivity contribution >= 4 is 22.7 Å². The molecule has 1 atom stereocenters. The Morgan fingerprint density at radius 1 is 1.04 bits per heavy atom. The molecule has 6 heteroatoms. The van der Waals surface area contributed by atoms with E-state index in [0.29, 0.717) is 17.5 Å². The van der Waals surface area contributed by atoms with E-state index < -0.39 is 0 Å². The second-order valence-corrected chi connectivity index (χ2v) is 6.38. The van der Waals surface area contributed by atoms with Crippen LogP contribution in [0, 0.1) is 0 Å². The van der Waals surface area contributed by atoms with E-state index >= 15 is 0 Å². The van der Waals surface area contributed by atoms with Crippen molar-refractivity contribution in [2.45, 2.75) is 18.9 Å². The van der Waals surface area contributed by atoms with Gasteiger partial charge in [-0.05, 0) is 43.6 Å². The van der Waals surface area contributed by atoms with Crippen LogP contribution in [0.4, 0.5) is 11.6 Å². The summed E-state index contributed by atoms with van der Waals surface area (Å²) in [6.07, 6.45) is 4.07. The van der Waals surface area contributed by atoms with Crippen molar-refractivity contribution in [2.75, 3.05) is 30.7 Å². The lowest BCUT2D eigenvalue weighted by Gasteiger charge is -2.28. The lowest BCUT2D eigenvalue weighted by molar-refractivity contribution is 0.256. The van der Waals surface area contributed by atoms with Crippen molar-refractivity contribution in [1.82, 2.24) is 19.9 Å². The number of nitrogens with zero attached hydrogens (tertiary/aromatic N) is 4. The van der Waals surface area contributed by atoms with Crippen molar-refractivity contribution in [1.29, 1.82) is 0 Å². The number of aromatic nitrogens is 3. The number of hydrogen-bond acceptors (Lipinski definition) is 6. The van der Waals surface area contributed by atoms with Crippen LogP contribution in [0.1, 0.15) is 24.4 Å². The fraction of sp³-hybridized carbons (Fsp3) is 0.316. The highest BCUT2D eigenvalue weighted by molar-refractivity contribution is 5.87. The third-order valence-electron chi connectivity index (χ3n) is 4.75. The molecular weight excluding hydrogens is 312 g/mol. The number of hydrogen-bond donors (Lipinski definition) is 2. The molecule has 0 spiro atoms. The van der Waals surface area contributed by atoms with Gasteiger partial charge in [-0.2, -0.15) is 0 Å². The standard InChI is InChI=1S/C19H22N6/c20-17-9-8-15-18(22-13-23-19(15)24-17)21-12-16(25-10-4-5-11-25)14-6-2-1-3-7-14/h1-3,6-9,13,16H,4-5,10-12H2,(H3,20,21,22,23,24). The molecule has 0 radical (unpaired) electrons. The van der Waals surface area contributed by atoms with Gasteiger partial charge in [-0.3, -0.25) is 4.90 Å². The highest BCUT2D eigenvalue weighted by atomic mass is 15.2. The molecule has 4 rings (SSSR count). The molecule has 1 unspecified atom stereocenters. The van der Waals surface area contributed by atoms with Crippen LogP contribution in [0.15, 0.2) is 48.8 Å². The summed E-state index contributed by atoms with van der Waals surface area (Å²) < 4.78 is 0. The van der Waals surface area contributed by atoms with Crippen LogP contribution in [-0.2, 0) is 0 Å². The maximum atomic E-state index is 5.76. The Hall–Kier alpha value is -2.73. The largest absolute Gasteiger partial charge is 0.384 e. The van der Waals surface area contributed by atoms with Crippen LogP contribution in [-0.4, -0.2) is 39.5 Å². The van der Waals surface area contributed by atoms with Crippen LogP contribution in [0.5, 0.6) is 0 Å². The minimum absolute atomic E-state index is 0.329. The minimum atomic E-state index is 0.329. The molecule has 1 aliphatic heterocycles. The van der Waals surface area contributed by atoms with E-state index in [1.165, 1.54) is 24.7 Å². The maximum Gasteiger partial charge on any atom is 0.166 e. The van der Waals surface area contributed by atoms with E-state index in [4.69, 9.17) is 5.73 Å². The van der Waals surface area contributed by atoms with Gasteiger partial charge in [0.25, 0.3) is 0 Å². The first-order chi connectivity index (χ1) is 12.3. The predicted molar refractivity (Wildman–Crippen MR) is 100 cm³/mol. The molecule has 3 aromatic rings. The molecule has 0 aliphatic carbocycles. The van der Waals surface area contributed by atoms with Gasteiger partial charge in [-0.25, -0.2) is 15.0 Å². The molecule has 2 aromatic heterocycles. The summed E-state index contributed by atoms with van der Waals surface area (Å²) >= 11 is 0. The molecule has 0 bridgehead atoms. The van der Waals surface area contributed by atoms with E-state index in [-0.39, 0.29) is 0 Å². The number of nitrogen functional groups attached to an aromatic ring is 1. The van der Waals surface area contributed by atoms with Crippen LogP contribution < -0.4 is 11.1 Å². The summed E-state index contributed by atoms with van der Waals surface area (Å²) in [5, 5.41) is 4.40. The van der Waals surface area contributed by atoms with Gasteiger partial charge in [0, 0.05) is 6.54 Å². The lowest BCUT2D eigenvalue weighted by Crippen LogP contribution is -2.31. The van der Waals surface area contributed by atoms with Gasteiger partial charge in [0.05, 0.1) is 11.4 Å². The average molecular weight is 334 g/mol. The summed E-state index contributed by atoms with van der Waals surface area (Å²) in [7, 11) is 0. The zero-order chi connectivity index (χ0) is 17.1. The molecule has 0 saturated carbocycles. The topological polar surface area (TPSA) is 80.0 Å². The molecule has 1 fully saturated rings. The molecule has 1 aliphatic rings. The minimum Gasteiger partial charge on any atom is -0.384 e. The number of benzene rings is 1. The Bertz CT molecular complexity index is 845. The third kappa shape index (κ3) is 3.39. The zero-order valence-electron chi connectivity index (χ0n) is 14.1. The van der Waals surface area contributed by atoms with E-state index in [2.05, 4.69) is 55.5 Å². The Labute approximate surface area is 147 Å². The monoisotopic (exact) mass is 334 g/mol. The fourth-order valence-electron chi connectivity index (χ4n) is 3.48. The molecule has 0 amide bonds. The predicted octanol–water partition coefficient (Wildman–Crippen LogP) is 2.86. The van der Waals surface area contributed by atoms with Crippen LogP contribution in [0.25, 0.3) is 11.0 Å². The van der Waals surface area contributed by atoms with Crippen LogP contribution >= 0.6 is 0 Å². The highest BCUT2D eigenvalue weighted by Crippen LogP contribution is 2.26. The summed E-state index contributed by atoms with van der Waals surface area (Å²) in [6.45, 7) is 3.08. The molecule has 6 nitrogen and oxygen atoms in total. The van der Waals surface area contributed by atoms with Crippen molar-refractivity contribution < 1.29 is 0 Å². The average Bonchev–Trinajstić information content (AvgIpc) is 3.17. The van der Waals surface area contributed by atoms with Crippen molar-refractivity contribution in [3.63, 3.8) is 0 Å². The van der Waals surface area contributed by atoms with E-state index in [1.54, 1.807) is 6.07 Å². The first kappa shape index (κ1) is 15.8. The summed E-state index contributed by atoms with van der Waals surface area (Å²) in [5.41, 5.74) is 7.71. The van der Waals surface area contributed by atoms with Crippen LogP contribution in [0.2, 0.25) is 0 Å². The molecule has 25 heavy (non-hydrogen) atoms. The molecular formula is C19H22N6.